The van der Waals surface area contributed by atoms with Crippen LogP contribution in [0.3, 0.4) is 0 Å². The zero-order chi connectivity index (χ0) is 16.4. The predicted molar refractivity (Wildman–Crippen MR) is 99.4 cm³/mol. The molecule has 3 aromatic rings. The maximum Gasteiger partial charge on any atom is 0.124 e. The van der Waals surface area contributed by atoms with E-state index in [9.17, 15) is 0 Å². The van der Waals surface area contributed by atoms with E-state index < -0.39 is 0 Å². The summed E-state index contributed by atoms with van der Waals surface area (Å²) in [6, 6.07) is 16.5. The first-order valence-electron chi connectivity index (χ1n) is 8.70. The molecular formula is C20H22ClN3. The van der Waals surface area contributed by atoms with Gasteiger partial charge in [0.25, 0.3) is 0 Å². The molecule has 0 spiro atoms. The topological polar surface area (TPSA) is 21.1 Å². The minimum absolute atomic E-state index is 0.780. The smallest absolute Gasteiger partial charge is 0.124 e. The lowest BCUT2D eigenvalue weighted by atomic mass is 10.1. The van der Waals surface area contributed by atoms with Gasteiger partial charge in [-0.15, -0.1) is 0 Å². The van der Waals surface area contributed by atoms with E-state index in [2.05, 4.69) is 45.9 Å². The van der Waals surface area contributed by atoms with E-state index in [0.29, 0.717) is 0 Å². The summed E-state index contributed by atoms with van der Waals surface area (Å²) in [5.41, 5.74) is 3.54. The fourth-order valence-electron chi connectivity index (χ4n) is 3.51. The number of benzene rings is 2. The lowest BCUT2D eigenvalue weighted by Crippen LogP contribution is -2.30. The van der Waals surface area contributed by atoms with Gasteiger partial charge in [0.2, 0.25) is 0 Å². The van der Waals surface area contributed by atoms with Gasteiger partial charge < -0.3 is 4.57 Å². The molecule has 2 heterocycles. The van der Waals surface area contributed by atoms with Crippen molar-refractivity contribution in [1.82, 2.24) is 14.5 Å². The maximum atomic E-state index is 6.02. The molecule has 0 saturated carbocycles. The Bertz CT molecular complexity index is 817. The van der Waals surface area contributed by atoms with Gasteiger partial charge in [-0.05, 0) is 55.8 Å². The number of aromatic nitrogens is 2. The predicted octanol–water partition coefficient (Wildman–Crippen LogP) is 4.72. The van der Waals surface area contributed by atoms with Crippen LogP contribution < -0.4 is 0 Å². The van der Waals surface area contributed by atoms with E-state index in [-0.39, 0.29) is 0 Å². The van der Waals surface area contributed by atoms with Crippen molar-refractivity contribution >= 4 is 22.6 Å². The minimum atomic E-state index is 0.780. The average molecular weight is 340 g/mol. The largest absolute Gasteiger partial charge is 0.322 e. The summed E-state index contributed by atoms with van der Waals surface area (Å²) < 4.78 is 2.35. The van der Waals surface area contributed by atoms with Crippen LogP contribution in [-0.2, 0) is 13.1 Å². The van der Waals surface area contributed by atoms with Gasteiger partial charge in [-0.3, -0.25) is 4.90 Å². The maximum absolute atomic E-state index is 6.02. The first-order chi connectivity index (χ1) is 11.8. The van der Waals surface area contributed by atoms with Crippen molar-refractivity contribution in [2.45, 2.75) is 32.4 Å². The summed E-state index contributed by atoms with van der Waals surface area (Å²) in [4.78, 5) is 7.45. The molecule has 0 unspecified atom stereocenters. The molecule has 1 aliphatic rings. The van der Waals surface area contributed by atoms with Gasteiger partial charge in [-0.25, -0.2) is 4.98 Å². The second-order valence-electron chi connectivity index (χ2n) is 6.57. The van der Waals surface area contributed by atoms with Crippen molar-refractivity contribution < 1.29 is 0 Å². The number of rotatable bonds is 4. The van der Waals surface area contributed by atoms with E-state index >= 15 is 0 Å². The summed E-state index contributed by atoms with van der Waals surface area (Å²) in [5, 5.41) is 0.780. The molecule has 1 aromatic heterocycles. The van der Waals surface area contributed by atoms with Crippen LogP contribution >= 0.6 is 11.6 Å². The van der Waals surface area contributed by atoms with Crippen LogP contribution in [0.15, 0.2) is 48.5 Å². The van der Waals surface area contributed by atoms with E-state index in [1.807, 2.05) is 12.1 Å². The molecule has 0 bridgehead atoms. The Morgan fingerprint density at radius 1 is 0.875 bits per heavy atom. The van der Waals surface area contributed by atoms with Crippen molar-refractivity contribution in [3.05, 3.63) is 64.9 Å². The van der Waals surface area contributed by atoms with Gasteiger partial charge in [-0.1, -0.05) is 42.3 Å². The van der Waals surface area contributed by atoms with Gasteiger partial charge in [0.15, 0.2) is 0 Å². The van der Waals surface area contributed by atoms with Crippen LogP contribution in [-0.4, -0.2) is 27.5 Å². The molecule has 24 heavy (non-hydrogen) atoms. The molecule has 1 fully saturated rings. The Kier molecular flexibility index (Phi) is 4.54. The fourth-order valence-corrected chi connectivity index (χ4v) is 3.64. The number of fused-ring (bicyclic) bond motifs is 1. The van der Waals surface area contributed by atoms with Gasteiger partial charge in [-0.2, -0.15) is 0 Å². The van der Waals surface area contributed by atoms with Crippen molar-refractivity contribution in [2.75, 3.05) is 13.1 Å². The molecule has 0 N–H and O–H groups in total. The van der Waals surface area contributed by atoms with Crippen molar-refractivity contribution in [2.24, 2.45) is 0 Å². The zero-order valence-corrected chi connectivity index (χ0v) is 14.5. The highest BCUT2D eigenvalue weighted by Crippen LogP contribution is 2.21. The molecule has 2 aromatic carbocycles. The summed E-state index contributed by atoms with van der Waals surface area (Å²) in [6.45, 7) is 4.14. The zero-order valence-electron chi connectivity index (χ0n) is 13.8. The first kappa shape index (κ1) is 15.7. The van der Waals surface area contributed by atoms with E-state index in [1.54, 1.807) is 0 Å². The van der Waals surface area contributed by atoms with Crippen molar-refractivity contribution in [3.8, 4) is 0 Å². The molecule has 0 atom stereocenters. The third-order valence-electron chi connectivity index (χ3n) is 4.80. The number of nitrogens with zero attached hydrogens (tertiary/aromatic N) is 3. The molecule has 0 aliphatic carbocycles. The highest BCUT2D eigenvalue weighted by atomic mass is 35.5. The van der Waals surface area contributed by atoms with Crippen LogP contribution in [0.4, 0.5) is 0 Å². The van der Waals surface area contributed by atoms with Gasteiger partial charge >= 0.3 is 0 Å². The van der Waals surface area contributed by atoms with Crippen LogP contribution in [0.2, 0.25) is 5.02 Å². The highest BCUT2D eigenvalue weighted by molar-refractivity contribution is 6.30. The lowest BCUT2D eigenvalue weighted by Gasteiger charge is -2.26. The molecule has 1 aliphatic heterocycles. The molecular weight excluding hydrogens is 318 g/mol. The highest BCUT2D eigenvalue weighted by Gasteiger charge is 2.16. The SMILES string of the molecule is Clc1ccc(Cn2c(CN3CCCCC3)nc3ccccc32)cc1. The summed E-state index contributed by atoms with van der Waals surface area (Å²) in [5.74, 6) is 1.16. The van der Waals surface area contributed by atoms with Crippen molar-refractivity contribution in [3.63, 3.8) is 0 Å². The molecule has 1 saturated heterocycles. The Balaban J connectivity index is 1.68. The lowest BCUT2D eigenvalue weighted by molar-refractivity contribution is 0.214. The van der Waals surface area contributed by atoms with Gasteiger partial charge in [0, 0.05) is 11.6 Å². The average Bonchev–Trinajstić information content (AvgIpc) is 2.95. The second-order valence-corrected chi connectivity index (χ2v) is 7.00. The minimum Gasteiger partial charge on any atom is -0.322 e. The standard InChI is InChI=1S/C20H22ClN3/c21-17-10-8-16(9-11-17)14-24-19-7-3-2-6-18(19)22-20(24)15-23-12-4-1-5-13-23/h2-3,6-11H,1,4-5,12-15H2. The van der Waals surface area contributed by atoms with Gasteiger partial charge in [0.05, 0.1) is 17.6 Å². The monoisotopic (exact) mass is 339 g/mol. The van der Waals surface area contributed by atoms with E-state index in [1.165, 1.54) is 43.4 Å². The molecule has 4 rings (SSSR count). The van der Waals surface area contributed by atoms with Gasteiger partial charge in [0.1, 0.15) is 5.82 Å². The Labute approximate surface area is 147 Å². The number of hydrogen-bond acceptors (Lipinski definition) is 2. The second kappa shape index (κ2) is 6.96. The van der Waals surface area contributed by atoms with Crippen LogP contribution in [0, 0.1) is 0 Å². The van der Waals surface area contributed by atoms with Crippen LogP contribution in [0.1, 0.15) is 30.7 Å². The first-order valence-corrected chi connectivity index (χ1v) is 9.08. The number of likely N-dealkylation sites (tertiary alicyclic amines) is 1. The summed E-state index contributed by atoms with van der Waals surface area (Å²) in [6.07, 6.45) is 3.96. The number of para-hydroxylation sites is 2. The molecule has 0 amide bonds. The molecule has 124 valence electrons. The fraction of sp³-hybridized carbons (Fsp3) is 0.350. The molecule has 4 heteroatoms. The number of halogens is 1. The number of imidazole rings is 1. The molecule has 3 nitrogen and oxygen atoms in total. The Morgan fingerprint density at radius 3 is 2.42 bits per heavy atom. The Hall–Kier alpha value is -1.84. The van der Waals surface area contributed by atoms with E-state index in [0.717, 1.165) is 29.5 Å². The van der Waals surface area contributed by atoms with Crippen LogP contribution in [0.25, 0.3) is 11.0 Å². The summed E-state index contributed by atoms with van der Waals surface area (Å²) in [7, 11) is 0. The third kappa shape index (κ3) is 3.33. The number of piperidine rings is 1. The summed E-state index contributed by atoms with van der Waals surface area (Å²) >= 11 is 6.02. The van der Waals surface area contributed by atoms with E-state index in [4.69, 9.17) is 16.6 Å². The Morgan fingerprint density at radius 2 is 1.62 bits per heavy atom. The van der Waals surface area contributed by atoms with Crippen LogP contribution in [0.5, 0.6) is 0 Å². The number of hydrogen-bond donors (Lipinski definition) is 0. The third-order valence-corrected chi connectivity index (χ3v) is 5.05. The quantitative estimate of drug-likeness (QED) is 0.685. The molecule has 0 radical (unpaired) electrons. The normalized spacial score (nSPS) is 15.9. The van der Waals surface area contributed by atoms with Crippen molar-refractivity contribution in [1.29, 1.82) is 0 Å².